The zero-order valence-corrected chi connectivity index (χ0v) is 18.3. The summed E-state index contributed by atoms with van der Waals surface area (Å²) in [4.78, 5) is 26.5. The van der Waals surface area contributed by atoms with Crippen LogP contribution in [-0.2, 0) is 4.79 Å². The highest BCUT2D eigenvalue weighted by Crippen LogP contribution is 2.40. The van der Waals surface area contributed by atoms with Gasteiger partial charge in [-0.25, -0.2) is 5.01 Å². The van der Waals surface area contributed by atoms with Crippen LogP contribution in [-0.4, -0.2) is 28.5 Å². The molecule has 0 radical (unpaired) electrons. The van der Waals surface area contributed by atoms with Gasteiger partial charge in [-0.15, -0.1) is 34.7 Å². The second kappa shape index (κ2) is 7.76. The van der Waals surface area contributed by atoms with Crippen LogP contribution in [0.3, 0.4) is 0 Å². The van der Waals surface area contributed by atoms with Gasteiger partial charge in [-0.05, 0) is 42.2 Å². The molecule has 1 aliphatic rings. The number of carbonyl (C=O) groups excluding carboxylic acids is 2. The molecule has 2 atom stereocenters. The third-order valence-electron chi connectivity index (χ3n) is 4.50. The molecule has 0 bridgehead atoms. The van der Waals surface area contributed by atoms with Crippen LogP contribution in [0.25, 0.3) is 10.1 Å². The molecule has 144 valence electrons. The topological polar surface area (TPSA) is 49.4 Å². The van der Waals surface area contributed by atoms with Crippen LogP contribution in [0.1, 0.15) is 21.3 Å². The maximum atomic E-state index is 12.8. The monoisotopic (exact) mass is 470 g/mol. The highest BCUT2D eigenvalue weighted by atomic mass is 35.5. The number of hydrogen-bond acceptors (Lipinski definition) is 4. The molecule has 1 fully saturated rings. The second-order valence-corrected chi connectivity index (χ2v) is 9.37. The number of carbonyl (C=O) groups is 2. The number of halogens is 3. The lowest BCUT2D eigenvalue weighted by atomic mass is 9.95. The lowest BCUT2D eigenvalue weighted by Gasteiger charge is -2.43. The number of benzene rings is 2. The van der Waals surface area contributed by atoms with Gasteiger partial charge in [-0.2, -0.15) is 0 Å². The number of fused-ring (bicyclic) bond motifs is 1. The van der Waals surface area contributed by atoms with E-state index in [0.29, 0.717) is 20.3 Å². The van der Waals surface area contributed by atoms with Crippen molar-refractivity contribution in [3.63, 3.8) is 0 Å². The number of rotatable bonds is 4. The molecule has 2 heterocycles. The largest absolute Gasteiger partial charge is 0.281 e. The van der Waals surface area contributed by atoms with Crippen molar-refractivity contribution in [2.45, 2.75) is 16.3 Å². The number of β-lactam (4-membered cyclic amide) rings is 1. The summed E-state index contributed by atoms with van der Waals surface area (Å²) in [6.07, 6.45) is 1.99. The van der Waals surface area contributed by atoms with Gasteiger partial charge in [0, 0.05) is 20.0 Å². The van der Waals surface area contributed by atoms with Gasteiger partial charge in [-0.3, -0.25) is 15.0 Å². The molecule has 1 N–H and O–H groups in total. The zero-order chi connectivity index (χ0) is 20.0. The number of nitrogens with one attached hydrogen (secondary N) is 1. The van der Waals surface area contributed by atoms with Gasteiger partial charge in [0.25, 0.3) is 11.8 Å². The highest BCUT2D eigenvalue weighted by molar-refractivity contribution is 7.98. The molecule has 1 aromatic heterocycles. The van der Waals surface area contributed by atoms with Crippen molar-refractivity contribution < 1.29 is 9.59 Å². The minimum Gasteiger partial charge on any atom is -0.271 e. The Morgan fingerprint density at radius 3 is 2.57 bits per heavy atom. The molecule has 28 heavy (non-hydrogen) atoms. The minimum atomic E-state index is -0.725. The van der Waals surface area contributed by atoms with E-state index in [1.165, 1.54) is 16.3 Å². The summed E-state index contributed by atoms with van der Waals surface area (Å²) in [6.45, 7) is 0. The van der Waals surface area contributed by atoms with Gasteiger partial charge < -0.3 is 0 Å². The first-order valence-corrected chi connectivity index (χ1v) is 11.4. The predicted octanol–water partition coefficient (Wildman–Crippen LogP) is 5.77. The first-order valence-electron chi connectivity index (χ1n) is 8.20. The van der Waals surface area contributed by atoms with Gasteiger partial charge in [0.05, 0.1) is 5.02 Å². The van der Waals surface area contributed by atoms with Crippen molar-refractivity contribution in [2.75, 3.05) is 6.26 Å². The van der Waals surface area contributed by atoms with Crippen LogP contribution in [0, 0.1) is 0 Å². The molecule has 0 saturated carbocycles. The summed E-state index contributed by atoms with van der Waals surface area (Å²) in [5.41, 5.74) is 3.51. The van der Waals surface area contributed by atoms with Crippen molar-refractivity contribution in [1.29, 1.82) is 0 Å². The van der Waals surface area contributed by atoms with Gasteiger partial charge in [-0.1, -0.05) is 35.3 Å². The molecule has 2 amide bonds. The van der Waals surface area contributed by atoms with E-state index >= 15 is 0 Å². The fourth-order valence-electron chi connectivity index (χ4n) is 3.04. The summed E-state index contributed by atoms with van der Waals surface area (Å²) in [5, 5.41) is 2.10. The Morgan fingerprint density at radius 1 is 1.18 bits per heavy atom. The Hall–Kier alpha value is -1.44. The van der Waals surface area contributed by atoms with Gasteiger partial charge in [0.2, 0.25) is 0 Å². The summed E-state index contributed by atoms with van der Waals surface area (Å²) >= 11 is 21.5. The molecule has 2 unspecified atom stereocenters. The van der Waals surface area contributed by atoms with Gasteiger partial charge >= 0.3 is 0 Å². The van der Waals surface area contributed by atoms with Crippen molar-refractivity contribution in [3.05, 3.63) is 63.0 Å². The predicted molar refractivity (Wildman–Crippen MR) is 117 cm³/mol. The zero-order valence-electron chi connectivity index (χ0n) is 14.4. The van der Waals surface area contributed by atoms with E-state index in [4.69, 9.17) is 34.8 Å². The molecular weight excluding hydrogens is 459 g/mol. The van der Waals surface area contributed by atoms with Crippen LogP contribution in [0.15, 0.2) is 47.4 Å². The summed E-state index contributed by atoms with van der Waals surface area (Å²) < 4.78 is 0.842. The van der Waals surface area contributed by atoms with Crippen LogP contribution >= 0.6 is 57.9 Å². The van der Waals surface area contributed by atoms with Crippen LogP contribution in [0.5, 0.6) is 0 Å². The number of amides is 2. The van der Waals surface area contributed by atoms with E-state index in [2.05, 4.69) is 5.43 Å². The van der Waals surface area contributed by atoms with Crippen molar-refractivity contribution in [1.82, 2.24) is 10.4 Å². The Kier molecular flexibility index (Phi) is 5.51. The number of hydrazine groups is 1. The molecule has 1 aliphatic heterocycles. The smallest absolute Gasteiger partial charge is 0.271 e. The molecular formula is C19H13Cl3N2O2S2. The number of thiophene rings is 1. The fraction of sp³-hybridized carbons (Fsp3) is 0.158. The van der Waals surface area contributed by atoms with E-state index in [9.17, 15) is 9.59 Å². The Morgan fingerprint density at radius 2 is 1.89 bits per heavy atom. The molecule has 0 aliphatic carbocycles. The third kappa shape index (κ3) is 3.37. The molecule has 3 aromatic rings. The summed E-state index contributed by atoms with van der Waals surface area (Å²) in [6, 6.07) is 12.6. The first-order chi connectivity index (χ1) is 13.4. The van der Waals surface area contributed by atoms with E-state index in [1.807, 2.05) is 36.6 Å². The minimum absolute atomic E-state index is 0.316. The average Bonchev–Trinajstić information content (AvgIpc) is 3.03. The Bertz CT molecular complexity index is 1080. The molecule has 2 aromatic carbocycles. The van der Waals surface area contributed by atoms with Gasteiger partial charge in [0.15, 0.2) is 0 Å². The Balaban J connectivity index is 1.59. The highest BCUT2D eigenvalue weighted by Gasteiger charge is 2.48. The number of nitrogens with zero attached hydrogens (tertiary/aromatic N) is 1. The van der Waals surface area contributed by atoms with Crippen LogP contribution in [0.4, 0.5) is 0 Å². The van der Waals surface area contributed by atoms with E-state index in [0.717, 1.165) is 15.2 Å². The standard InChI is InChI=1S/C19H13Cl3N2O2S2/c1-27-11-5-2-9(3-6-11)16-15(22)19(26)24(16)23-18(25)17-14(21)12-8-10(20)4-7-13(12)28-17/h2-8,15-16H,1H3,(H,23,25). The quantitative estimate of drug-likeness (QED) is 0.299. The normalized spacial score (nSPS) is 19.0. The average molecular weight is 472 g/mol. The Labute approximate surface area is 184 Å². The van der Waals surface area contributed by atoms with Crippen LogP contribution < -0.4 is 5.43 Å². The second-order valence-electron chi connectivity index (χ2n) is 6.15. The number of hydrogen-bond donors (Lipinski definition) is 1. The maximum Gasteiger partial charge on any atom is 0.281 e. The van der Waals surface area contributed by atoms with Crippen molar-refractivity contribution in [2.24, 2.45) is 0 Å². The fourth-order valence-corrected chi connectivity index (χ4v) is 5.37. The summed E-state index contributed by atoms with van der Waals surface area (Å²) in [7, 11) is 0. The van der Waals surface area contributed by atoms with E-state index < -0.39 is 17.3 Å². The molecule has 1 saturated heterocycles. The van der Waals surface area contributed by atoms with Gasteiger partial charge in [0.1, 0.15) is 16.3 Å². The number of thioether (sulfide) groups is 1. The van der Waals surface area contributed by atoms with Crippen LogP contribution in [0.2, 0.25) is 10.0 Å². The van der Waals surface area contributed by atoms with Crippen molar-refractivity contribution >= 4 is 79.8 Å². The third-order valence-corrected chi connectivity index (χ3v) is 7.58. The summed E-state index contributed by atoms with van der Waals surface area (Å²) in [5.74, 6) is -0.806. The number of alkyl halides is 1. The first kappa shape index (κ1) is 19.9. The molecule has 4 rings (SSSR count). The molecule has 4 nitrogen and oxygen atoms in total. The van der Waals surface area contributed by atoms with E-state index in [1.54, 1.807) is 23.9 Å². The lowest BCUT2D eigenvalue weighted by molar-refractivity contribution is -0.149. The lowest BCUT2D eigenvalue weighted by Crippen LogP contribution is -2.63. The van der Waals surface area contributed by atoms with Crippen molar-refractivity contribution in [3.8, 4) is 0 Å². The molecule has 9 heteroatoms. The SMILES string of the molecule is CSc1ccc(C2C(Cl)C(=O)N2NC(=O)c2sc3ccc(Cl)cc3c2Cl)cc1. The maximum absolute atomic E-state index is 12.8. The van der Waals surface area contributed by atoms with E-state index in [-0.39, 0.29) is 5.91 Å². The molecule has 0 spiro atoms.